The molecule has 0 unspecified atom stereocenters. The molecule has 4 rings (SSSR count). The Hall–Kier alpha value is -3.59. The Bertz CT molecular complexity index is 1180. The fourth-order valence-electron chi connectivity index (χ4n) is 3.63. The van der Waals surface area contributed by atoms with E-state index in [2.05, 4.69) is 6.07 Å². The first kappa shape index (κ1) is 18.8. The summed E-state index contributed by atoms with van der Waals surface area (Å²) in [4.78, 5) is 14.7. The van der Waals surface area contributed by atoms with E-state index in [0.29, 0.717) is 17.9 Å². The third-order valence-corrected chi connectivity index (χ3v) is 5.31. The number of rotatable bonds is 4. The highest BCUT2D eigenvalue weighted by Crippen LogP contribution is 2.30. The van der Waals surface area contributed by atoms with Gasteiger partial charge in [0.25, 0.3) is 5.91 Å². The van der Waals surface area contributed by atoms with Crippen LogP contribution in [0.1, 0.15) is 21.5 Å². The van der Waals surface area contributed by atoms with Gasteiger partial charge in [-0.25, -0.2) is 0 Å². The van der Waals surface area contributed by atoms with Crippen molar-refractivity contribution < 1.29 is 9.90 Å². The number of carbonyl (C=O) groups excluding carboxylic acids is 1. The Labute approximate surface area is 170 Å². The highest BCUT2D eigenvalue weighted by Gasteiger charge is 2.13. The average Bonchev–Trinajstić information content (AvgIpc) is 2.76. The van der Waals surface area contributed by atoms with Gasteiger partial charge in [0.1, 0.15) is 5.75 Å². The lowest BCUT2D eigenvalue weighted by atomic mass is 9.97. The number of hydrogen-bond acceptors (Lipinski definition) is 2. The third-order valence-electron chi connectivity index (χ3n) is 5.31. The third kappa shape index (κ3) is 3.85. The number of fused-ring (bicyclic) bond motifs is 1. The molecule has 4 aromatic carbocycles. The normalized spacial score (nSPS) is 10.8. The standard InChI is InChI=1S/C26H23NO2/c1-18-24-13-11-21(15-22(24)12-14-25(18)28)20-9-6-10-23(16-20)26(29)27(2)17-19-7-4-3-5-8-19/h3-16,28H,17H2,1-2H3. The smallest absolute Gasteiger partial charge is 0.253 e. The lowest BCUT2D eigenvalue weighted by molar-refractivity contribution is 0.0785. The lowest BCUT2D eigenvalue weighted by Gasteiger charge is -2.18. The van der Waals surface area contributed by atoms with Gasteiger partial charge in [0.15, 0.2) is 0 Å². The number of phenolic OH excluding ortho intramolecular Hbond substituents is 1. The van der Waals surface area contributed by atoms with Crippen LogP contribution < -0.4 is 0 Å². The molecule has 0 aromatic heterocycles. The minimum absolute atomic E-state index is 0.00254. The van der Waals surface area contributed by atoms with E-state index >= 15 is 0 Å². The lowest BCUT2D eigenvalue weighted by Crippen LogP contribution is -2.26. The first-order chi connectivity index (χ1) is 14.0. The van der Waals surface area contributed by atoms with Gasteiger partial charge in [-0.15, -0.1) is 0 Å². The van der Waals surface area contributed by atoms with Crippen LogP contribution in [0, 0.1) is 6.92 Å². The van der Waals surface area contributed by atoms with Gasteiger partial charge in [-0.3, -0.25) is 4.79 Å². The summed E-state index contributed by atoms with van der Waals surface area (Å²) in [6.45, 7) is 2.49. The first-order valence-corrected chi connectivity index (χ1v) is 9.65. The zero-order valence-corrected chi connectivity index (χ0v) is 16.6. The van der Waals surface area contributed by atoms with Crippen LogP contribution in [-0.2, 0) is 6.54 Å². The Kier molecular flexibility index (Phi) is 5.05. The van der Waals surface area contributed by atoms with E-state index in [1.54, 1.807) is 11.0 Å². The van der Waals surface area contributed by atoms with Crippen molar-refractivity contribution in [3.8, 4) is 16.9 Å². The summed E-state index contributed by atoms with van der Waals surface area (Å²) in [6, 6.07) is 27.5. The van der Waals surface area contributed by atoms with Crippen LogP contribution in [0.3, 0.4) is 0 Å². The van der Waals surface area contributed by atoms with Crippen molar-refractivity contribution in [1.29, 1.82) is 0 Å². The van der Waals surface area contributed by atoms with Gasteiger partial charge in [-0.1, -0.05) is 60.7 Å². The molecule has 0 bridgehead atoms. The predicted molar refractivity (Wildman–Crippen MR) is 118 cm³/mol. The second-order valence-corrected chi connectivity index (χ2v) is 7.37. The van der Waals surface area contributed by atoms with Crippen molar-refractivity contribution in [3.05, 3.63) is 102 Å². The molecule has 3 nitrogen and oxygen atoms in total. The van der Waals surface area contributed by atoms with E-state index < -0.39 is 0 Å². The number of phenols is 1. The molecule has 0 aliphatic heterocycles. The summed E-state index contributed by atoms with van der Waals surface area (Å²) in [6.07, 6.45) is 0. The van der Waals surface area contributed by atoms with E-state index in [0.717, 1.165) is 33.0 Å². The molecule has 0 saturated carbocycles. The van der Waals surface area contributed by atoms with Gasteiger partial charge in [0.2, 0.25) is 0 Å². The molecular formula is C26H23NO2. The van der Waals surface area contributed by atoms with Crippen molar-refractivity contribution in [2.75, 3.05) is 7.05 Å². The first-order valence-electron chi connectivity index (χ1n) is 9.65. The minimum atomic E-state index is -0.00254. The second kappa shape index (κ2) is 7.80. The van der Waals surface area contributed by atoms with Gasteiger partial charge >= 0.3 is 0 Å². The predicted octanol–water partition coefficient (Wildman–Crippen LogP) is 5.79. The van der Waals surface area contributed by atoms with Gasteiger partial charge in [-0.05, 0) is 64.2 Å². The minimum Gasteiger partial charge on any atom is -0.508 e. The summed E-state index contributed by atoms with van der Waals surface area (Å²) in [7, 11) is 1.83. The molecule has 144 valence electrons. The Morgan fingerprint density at radius 2 is 1.62 bits per heavy atom. The zero-order chi connectivity index (χ0) is 20.4. The maximum Gasteiger partial charge on any atom is 0.253 e. The maximum atomic E-state index is 12.9. The molecule has 0 atom stereocenters. The zero-order valence-electron chi connectivity index (χ0n) is 16.6. The fraction of sp³-hybridized carbons (Fsp3) is 0.115. The Morgan fingerprint density at radius 3 is 2.41 bits per heavy atom. The van der Waals surface area contributed by atoms with Crippen LogP contribution in [0.25, 0.3) is 21.9 Å². The van der Waals surface area contributed by atoms with Crippen molar-refractivity contribution in [2.24, 2.45) is 0 Å². The van der Waals surface area contributed by atoms with Crippen LogP contribution in [0.5, 0.6) is 5.75 Å². The topological polar surface area (TPSA) is 40.5 Å². The molecule has 0 saturated heterocycles. The quantitative estimate of drug-likeness (QED) is 0.486. The molecule has 3 heteroatoms. The number of nitrogens with zero attached hydrogens (tertiary/aromatic N) is 1. The fourth-order valence-corrected chi connectivity index (χ4v) is 3.63. The highest BCUT2D eigenvalue weighted by atomic mass is 16.3. The molecule has 1 amide bonds. The monoisotopic (exact) mass is 381 g/mol. The van der Waals surface area contributed by atoms with Crippen molar-refractivity contribution in [1.82, 2.24) is 4.90 Å². The second-order valence-electron chi connectivity index (χ2n) is 7.37. The summed E-state index contributed by atoms with van der Waals surface area (Å²) in [5.41, 5.74) is 4.69. The highest BCUT2D eigenvalue weighted by molar-refractivity contribution is 5.96. The van der Waals surface area contributed by atoms with Crippen LogP contribution in [0.2, 0.25) is 0 Å². The molecule has 0 aliphatic carbocycles. The number of hydrogen-bond donors (Lipinski definition) is 1. The number of aromatic hydroxyl groups is 1. The average molecular weight is 381 g/mol. The number of aryl methyl sites for hydroxylation is 1. The van der Waals surface area contributed by atoms with E-state index in [9.17, 15) is 9.90 Å². The van der Waals surface area contributed by atoms with Crippen molar-refractivity contribution in [3.63, 3.8) is 0 Å². The van der Waals surface area contributed by atoms with Gasteiger partial charge in [0, 0.05) is 19.2 Å². The van der Waals surface area contributed by atoms with Crippen LogP contribution in [-0.4, -0.2) is 23.0 Å². The van der Waals surface area contributed by atoms with E-state index in [4.69, 9.17) is 0 Å². The molecule has 29 heavy (non-hydrogen) atoms. The number of carbonyl (C=O) groups is 1. The SMILES string of the molecule is Cc1c(O)ccc2cc(-c3cccc(C(=O)N(C)Cc4ccccc4)c3)ccc12. The Balaban J connectivity index is 1.62. The van der Waals surface area contributed by atoms with Gasteiger partial charge in [-0.2, -0.15) is 0 Å². The largest absolute Gasteiger partial charge is 0.508 e. The number of amides is 1. The number of benzene rings is 4. The summed E-state index contributed by atoms with van der Waals surface area (Å²) >= 11 is 0. The van der Waals surface area contributed by atoms with Crippen molar-refractivity contribution >= 4 is 16.7 Å². The summed E-state index contributed by atoms with van der Waals surface area (Å²) in [5.74, 6) is 0.302. The van der Waals surface area contributed by atoms with E-state index in [1.807, 2.05) is 86.8 Å². The molecule has 0 heterocycles. The van der Waals surface area contributed by atoms with E-state index in [-0.39, 0.29) is 5.91 Å². The van der Waals surface area contributed by atoms with Crippen LogP contribution >= 0.6 is 0 Å². The van der Waals surface area contributed by atoms with E-state index in [1.165, 1.54) is 0 Å². The molecule has 0 spiro atoms. The molecule has 0 aliphatic rings. The molecule has 0 fully saturated rings. The summed E-state index contributed by atoms with van der Waals surface area (Å²) in [5, 5.41) is 12.0. The van der Waals surface area contributed by atoms with Gasteiger partial charge in [0.05, 0.1) is 0 Å². The van der Waals surface area contributed by atoms with Crippen molar-refractivity contribution in [2.45, 2.75) is 13.5 Å². The maximum absolute atomic E-state index is 12.9. The molecule has 4 aromatic rings. The van der Waals surface area contributed by atoms with Crippen LogP contribution in [0.15, 0.2) is 84.9 Å². The Morgan fingerprint density at radius 1 is 0.862 bits per heavy atom. The molecule has 1 N–H and O–H groups in total. The molecule has 0 radical (unpaired) electrons. The van der Waals surface area contributed by atoms with Gasteiger partial charge < -0.3 is 10.0 Å². The van der Waals surface area contributed by atoms with Crippen LogP contribution in [0.4, 0.5) is 0 Å². The summed E-state index contributed by atoms with van der Waals surface area (Å²) < 4.78 is 0. The molecular weight excluding hydrogens is 358 g/mol.